The van der Waals surface area contributed by atoms with Crippen molar-refractivity contribution in [2.75, 3.05) is 13.1 Å². The van der Waals surface area contributed by atoms with E-state index in [1.165, 1.54) is 51.4 Å². The molecule has 1 unspecified atom stereocenters. The molecule has 1 atom stereocenters. The average molecular weight is 292 g/mol. The summed E-state index contributed by atoms with van der Waals surface area (Å²) in [5, 5.41) is 3.37. The lowest BCUT2D eigenvalue weighted by molar-refractivity contribution is -0.128. The highest BCUT2D eigenvalue weighted by atomic mass is 16.2. The number of nitrogens with zero attached hydrogens (tertiary/aromatic N) is 2. The van der Waals surface area contributed by atoms with Gasteiger partial charge in [0.2, 0.25) is 5.91 Å². The second-order valence-electron chi connectivity index (χ2n) is 6.91. The van der Waals surface area contributed by atoms with E-state index in [1.807, 2.05) is 0 Å². The molecule has 118 valence electrons. The Morgan fingerprint density at radius 1 is 1.19 bits per heavy atom. The van der Waals surface area contributed by atoms with Gasteiger partial charge in [0.25, 0.3) is 0 Å². The van der Waals surface area contributed by atoms with Crippen molar-refractivity contribution in [3.05, 3.63) is 0 Å². The molecule has 0 aromatic rings. The first-order valence-corrected chi connectivity index (χ1v) is 8.58. The fraction of sp³-hybridized carbons (Fsp3) is 0.875. The lowest BCUT2D eigenvalue weighted by Crippen LogP contribution is -2.40. The van der Waals surface area contributed by atoms with E-state index in [0.29, 0.717) is 42.8 Å². The summed E-state index contributed by atoms with van der Waals surface area (Å²) >= 11 is 0. The predicted molar refractivity (Wildman–Crippen MR) is 84.0 cm³/mol. The molecule has 1 aliphatic heterocycles. The number of amides is 1. The fourth-order valence-corrected chi connectivity index (χ4v) is 3.58. The van der Waals surface area contributed by atoms with Crippen LogP contribution in [0.25, 0.3) is 0 Å². The van der Waals surface area contributed by atoms with Crippen LogP contribution in [-0.4, -0.2) is 41.9 Å². The quantitative estimate of drug-likeness (QED) is 0.470. The number of guanidine groups is 1. The van der Waals surface area contributed by atoms with Crippen molar-refractivity contribution in [3.63, 3.8) is 0 Å². The van der Waals surface area contributed by atoms with Gasteiger partial charge in [-0.05, 0) is 25.7 Å². The molecule has 5 nitrogen and oxygen atoms in total. The van der Waals surface area contributed by atoms with Gasteiger partial charge in [0.1, 0.15) is 0 Å². The van der Waals surface area contributed by atoms with Gasteiger partial charge in [-0.1, -0.05) is 25.7 Å². The molecule has 0 radical (unpaired) electrons. The third kappa shape index (κ3) is 4.11. The van der Waals surface area contributed by atoms with Crippen molar-refractivity contribution in [2.24, 2.45) is 16.6 Å². The van der Waals surface area contributed by atoms with Crippen LogP contribution in [0, 0.1) is 5.92 Å². The molecule has 2 saturated carbocycles. The Balaban J connectivity index is 1.43. The number of carbonyl (C=O) groups is 1. The maximum absolute atomic E-state index is 11.9. The molecule has 0 aromatic heterocycles. The van der Waals surface area contributed by atoms with Crippen LogP contribution in [-0.2, 0) is 4.79 Å². The average Bonchev–Trinajstić information content (AvgIpc) is 3.26. The van der Waals surface area contributed by atoms with Gasteiger partial charge in [-0.25, -0.2) is 0 Å². The summed E-state index contributed by atoms with van der Waals surface area (Å²) in [5.41, 5.74) is 6.02. The Morgan fingerprint density at radius 2 is 1.90 bits per heavy atom. The summed E-state index contributed by atoms with van der Waals surface area (Å²) < 4.78 is 0. The van der Waals surface area contributed by atoms with Crippen LogP contribution >= 0.6 is 0 Å². The molecule has 3 rings (SSSR count). The summed E-state index contributed by atoms with van der Waals surface area (Å²) in [7, 11) is 0. The second-order valence-corrected chi connectivity index (χ2v) is 6.91. The number of likely N-dealkylation sites (tertiary alicyclic amines) is 1. The van der Waals surface area contributed by atoms with E-state index in [0.717, 1.165) is 6.54 Å². The van der Waals surface area contributed by atoms with Gasteiger partial charge in [0, 0.05) is 37.5 Å². The van der Waals surface area contributed by atoms with Crippen LogP contribution in [0.3, 0.4) is 0 Å². The molecule has 0 spiro atoms. The molecular weight excluding hydrogens is 264 g/mol. The van der Waals surface area contributed by atoms with E-state index < -0.39 is 0 Å². The van der Waals surface area contributed by atoms with Gasteiger partial charge in [-0.3, -0.25) is 9.79 Å². The summed E-state index contributed by atoms with van der Waals surface area (Å²) in [6.45, 7) is 1.56. The lowest BCUT2D eigenvalue weighted by atomic mass is 10.1. The SMILES string of the molecule is NC(=NCC1CC(=O)N(C2CC2)C1)NC1CCCCCC1. The summed E-state index contributed by atoms with van der Waals surface area (Å²) in [6, 6.07) is 1.03. The standard InChI is InChI=1S/C16H28N4O/c17-16(19-13-5-3-1-2-4-6-13)18-10-12-9-15(21)20(11-12)14-7-8-14/h12-14H,1-11H2,(H3,17,18,19). The molecule has 2 aliphatic carbocycles. The van der Waals surface area contributed by atoms with Crippen LogP contribution < -0.4 is 11.1 Å². The Bertz CT molecular complexity index is 397. The van der Waals surface area contributed by atoms with E-state index in [2.05, 4.69) is 15.2 Å². The Morgan fingerprint density at radius 3 is 2.57 bits per heavy atom. The minimum atomic E-state index is 0.313. The van der Waals surface area contributed by atoms with Crippen LogP contribution in [0.5, 0.6) is 0 Å². The van der Waals surface area contributed by atoms with Crippen molar-refractivity contribution < 1.29 is 4.79 Å². The number of hydrogen-bond acceptors (Lipinski definition) is 2. The van der Waals surface area contributed by atoms with Gasteiger partial charge in [-0.2, -0.15) is 0 Å². The number of nitrogens with one attached hydrogen (secondary N) is 1. The van der Waals surface area contributed by atoms with Crippen LogP contribution in [0.15, 0.2) is 4.99 Å². The summed E-state index contributed by atoms with van der Waals surface area (Å²) in [6.07, 6.45) is 10.7. The van der Waals surface area contributed by atoms with E-state index in [1.54, 1.807) is 0 Å². The highest BCUT2D eigenvalue weighted by Gasteiger charge is 2.39. The largest absolute Gasteiger partial charge is 0.370 e. The minimum absolute atomic E-state index is 0.313. The molecule has 21 heavy (non-hydrogen) atoms. The van der Waals surface area contributed by atoms with Crippen molar-refractivity contribution in [3.8, 4) is 0 Å². The number of aliphatic imine (C=N–C) groups is 1. The van der Waals surface area contributed by atoms with E-state index in [4.69, 9.17) is 5.73 Å². The number of carbonyl (C=O) groups excluding carboxylic acids is 1. The van der Waals surface area contributed by atoms with Gasteiger partial charge in [0.05, 0.1) is 0 Å². The van der Waals surface area contributed by atoms with Crippen LogP contribution in [0.4, 0.5) is 0 Å². The molecular formula is C16H28N4O. The molecule has 1 amide bonds. The summed E-state index contributed by atoms with van der Waals surface area (Å²) in [5.74, 6) is 1.24. The maximum atomic E-state index is 11.9. The van der Waals surface area contributed by atoms with Gasteiger partial charge >= 0.3 is 0 Å². The normalized spacial score (nSPS) is 28.8. The molecule has 1 saturated heterocycles. The highest BCUT2D eigenvalue weighted by Crippen LogP contribution is 2.32. The first kappa shape index (κ1) is 14.7. The van der Waals surface area contributed by atoms with Crippen LogP contribution in [0.1, 0.15) is 57.8 Å². The zero-order chi connectivity index (χ0) is 14.7. The zero-order valence-electron chi connectivity index (χ0n) is 12.9. The van der Waals surface area contributed by atoms with Gasteiger partial charge in [0.15, 0.2) is 5.96 Å². The van der Waals surface area contributed by atoms with Crippen molar-refractivity contribution in [2.45, 2.75) is 69.9 Å². The monoisotopic (exact) mass is 292 g/mol. The molecule has 1 heterocycles. The van der Waals surface area contributed by atoms with Crippen molar-refractivity contribution >= 4 is 11.9 Å². The summed E-state index contributed by atoms with van der Waals surface area (Å²) in [4.78, 5) is 18.4. The van der Waals surface area contributed by atoms with E-state index in [-0.39, 0.29) is 0 Å². The highest BCUT2D eigenvalue weighted by molar-refractivity contribution is 5.80. The number of hydrogen-bond donors (Lipinski definition) is 2. The lowest BCUT2D eigenvalue weighted by Gasteiger charge is -2.17. The van der Waals surface area contributed by atoms with Gasteiger partial charge < -0.3 is 16.0 Å². The smallest absolute Gasteiger partial charge is 0.223 e. The number of rotatable bonds is 4. The third-order valence-corrected chi connectivity index (χ3v) is 4.95. The van der Waals surface area contributed by atoms with Crippen molar-refractivity contribution in [1.29, 1.82) is 0 Å². The zero-order valence-corrected chi connectivity index (χ0v) is 12.9. The Kier molecular flexibility index (Phi) is 4.66. The minimum Gasteiger partial charge on any atom is -0.370 e. The predicted octanol–water partition coefficient (Wildman–Crippen LogP) is 1.62. The maximum Gasteiger partial charge on any atom is 0.223 e. The third-order valence-electron chi connectivity index (χ3n) is 4.95. The number of nitrogens with two attached hydrogens (primary N) is 1. The van der Waals surface area contributed by atoms with E-state index in [9.17, 15) is 4.79 Å². The van der Waals surface area contributed by atoms with Gasteiger partial charge in [-0.15, -0.1) is 0 Å². The molecule has 3 N–H and O–H groups in total. The van der Waals surface area contributed by atoms with E-state index >= 15 is 0 Å². The molecule has 0 bridgehead atoms. The topological polar surface area (TPSA) is 70.7 Å². The molecule has 3 fully saturated rings. The van der Waals surface area contributed by atoms with Crippen molar-refractivity contribution in [1.82, 2.24) is 10.2 Å². The fourth-order valence-electron chi connectivity index (χ4n) is 3.58. The Labute approximate surface area is 127 Å². The molecule has 3 aliphatic rings. The first-order chi connectivity index (χ1) is 10.2. The van der Waals surface area contributed by atoms with Crippen LogP contribution in [0.2, 0.25) is 0 Å². The first-order valence-electron chi connectivity index (χ1n) is 8.58. The molecule has 5 heteroatoms. The molecule has 0 aromatic carbocycles. The Hall–Kier alpha value is -1.26. The second kappa shape index (κ2) is 6.67.